The number of carbonyl (C=O) groups is 1. The first kappa shape index (κ1) is 31.7. The highest BCUT2D eigenvalue weighted by Crippen LogP contribution is 2.41. The van der Waals surface area contributed by atoms with Gasteiger partial charge in [-0.25, -0.2) is 8.78 Å². The molecule has 2 atom stereocenters. The van der Waals surface area contributed by atoms with Crippen LogP contribution < -0.4 is 9.64 Å². The largest absolute Gasteiger partial charge is 0.508 e. The molecular formula is C36H36F2N6O4. The zero-order chi connectivity index (χ0) is 33.7. The van der Waals surface area contributed by atoms with Crippen molar-refractivity contribution in [2.45, 2.75) is 49.8 Å². The Bertz CT molecular complexity index is 1990. The van der Waals surface area contributed by atoms with Gasteiger partial charge in [-0.1, -0.05) is 18.6 Å². The van der Waals surface area contributed by atoms with Crippen LogP contribution in [0.3, 0.4) is 0 Å². The van der Waals surface area contributed by atoms with Crippen LogP contribution in [0.1, 0.15) is 37.7 Å². The van der Waals surface area contributed by atoms with Crippen LogP contribution >= 0.6 is 0 Å². The summed E-state index contributed by atoms with van der Waals surface area (Å²) in [5, 5.41) is 22.2. The molecule has 0 radical (unpaired) electrons. The topological polar surface area (TPSA) is 115 Å². The van der Waals surface area contributed by atoms with Crippen molar-refractivity contribution in [2.75, 3.05) is 44.7 Å². The van der Waals surface area contributed by atoms with E-state index in [2.05, 4.69) is 27.4 Å². The smallest absolute Gasteiger partial charge is 0.319 e. The summed E-state index contributed by atoms with van der Waals surface area (Å²) < 4.78 is 38.0. The predicted octanol–water partition coefficient (Wildman–Crippen LogP) is 4.40. The van der Waals surface area contributed by atoms with E-state index in [1.807, 2.05) is 0 Å². The Morgan fingerprint density at radius 1 is 1.23 bits per heavy atom. The van der Waals surface area contributed by atoms with Crippen molar-refractivity contribution in [1.82, 2.24) is 24.8 Å². The first-order valence-corrected chi connectivity index (χ1v) is 16.1. The number of rotatable bonds is 8. The first-order chi connectivity index (χ1) is 23.1. The van der Waals surface area contributed by atoms with Crippen LogP contribution in [-0.4, -0.2) is 98.4 Å². The molecule has 1 amide bonds. The molecule has 2 aromatic heterocycles. The maximum Gasteiger partial charge on any atom is 0.319 e. The number of anilines is 1. The second kappa shape index (κ2) is 12.3. The monoisotopic (exact) mass is 654 g/mol. The van der Waals surface area contributed by atoms with Crippen molar-refractivity contribution >= 4 is 33.4 Å². The predicted molar refractivity (Wildman–Crippen MR) is 178 cm³/mol. The van der Waals surface area contributed by atoms with Crippen molar-refractivity contribution in [1.29, 1.82) is 0 Å². The Morgan fingerprint density at radius 3 is 2.73 bits per heavy atom. The van der Waals surface area contributed by atoms with Crippen LogP contribution in [0.2, 0.25) is 0 Å². The molecular weight excluding hydrogens is 618 g/mol. The van der Waals surface area contributed by atoms with Gasteiger partial charge in [-0.15, -0.1) is 6.42 Å². The number of aromatic hydroxyl groups is 1. The number of likely N-dealkylation sites (N-methyl/N-ethyl adjacent to an activating group) is 1. The molecule has 3 saturated heterocycles. The summed E-state index contributed by atoms with van der Waals surface area (Å²) in [7, 11) is 1.73. The van der Waals surface area contributed by atoms with Crippen LogP contribution in [0.15, 0.2) is 43.1 Å². The van der Waals surface area contributed by atoms with E-state index in [4.69, 9.17) is 16.1 Å². The van der Waals surface area contributed by atoms with E-state index in [1.165, 1.54) is 36.5 Å². The van der Waals surface area contributed by atoms with Crippen LogP contribution in [0.5, 0.6) is 11.8 Å². The number of amides is 1. The van der Waals surface area contributed by atoms with Gasteiger partial charge >= 0.3 is 6.01 Å². The van der Waals surface area contributed by atoms with Crippen LogP contribution in [0.4, 0.5) is 14.6 Å². The van der Waals surface area contributed by atoms with E-state index in [0.29, 0.717) is 30.8 Å². The van der Waals surface area contributed by atoms with E-state index >= 15 is 4.39 Å². The number of hydrogen-bond donors (Lipinski definition) is 2. The molecule has 4 aromatic rings. The fourth-order valence-electron chi connectivity index (χ4n) is 7.79. The van der Waals surface area contributed by atoms with Gasteiger partial charge in [-0.05, 0) is 74.9 Å². The lowest BCUT2D eigenvalue weighted by atomic mass is 9.95. The normalized spacial score (nSPS) is 20.3. The fourth-order valence-corrected chi connectivity index (χ4v) is 7.79. The third-order valence-corrected chi connectivity index (χ3v) is 10.2. The van der Waals surface area contributed by atoms with Crippen LogP contribution in [0, 0.1) is 24.0 Å². The molecule has 1 unspecified atom stereocenters. The minimum absolute atomic E-state index is 0.0318. The number of phenols is 1. The Hall–Kier alpha value is -4.86. The Balaban J connectivity index is 1.36. The third kappa shape index (κ3) is 5.27. The lowest BCUT2D eigenvalue weighted by Crippen LogP contribution is -2.46. The second-order valence-corrected chi connectivity index (χ2v) is 12.9. The van der Waals surface area contributed by atoms with Gasteiger partial charge in [0.2, 0.25) is 5.91 Å². The molecule has 3 fully saturated rings. The number of aliphatic hydroxyl groups excluding tert-OH is 1. The highest BCUT2D eigenvalue weighted by atomic mass is 19.1. The van der Waals surface area contributed by atoms with Gasteiger partial charge in [-0.2, -0.15) is 9.97 Å². The summed E-state index contributed by atoms with van der Waals surface area (Å²) in [4.78, 5) is 32.0. The number of terminal acetylenes is 1. The number of halogens is 2. The molecule has 3 aliphatic rings. The number of nitrogens with zero attached hydrogens (tertiary/aromatic N) is 6. The van der Waals surface area contributed by atoms with Crippen molar-refractivity contribution < 1.29 is 28.5 Å². The second-order valence-electron chi connectivity index (χ2n) is 12.9. The number of aromatic nitrogens is 3. The molecule has 3 aliphatic heterocycles. The van der Waals surface area contributed by atoms with Gasteiger partial charge in [0.05, 0.1) is 28.6 Å². The molecule has 2 aromatic carbocycles. The summed E-state index contributed by atoms with van der Waals surface area (Å²) in [6.45, 7) is 6.48. The van der Waals surface area contributed by atoms with Crippen molar-refractivity contribution in [3.8, 4) is 35.4 Å². The van der Waals surface area contributed by atoms with Crippen LogP contribution in [-0.2, 0) is 4.79 Å². The highest BCUT2D eigenvalue weighted by molar-refractivity contribution is 6.03. The van der Waals surface area contributed by atoms with Crippen molar-refractivity contribution in [3.05, 3.63) is 60.3 Å². The Kier molecular flexibility index (Phi) is 8.13. The third-order valence-electron chi connectivity index (χ3n) is 10.2. The molecule has 10 nitrogen and oxygen atoms in total. The number of phenolic OH excluding ortho intramolecular Hbond substituents is 1. The van der Waals surface area contributed by atoms with Gasteiger partial charge in [0.15, 0.2) is 5.82 Å². The summed E-state index contributed by atoms with van der Waals surface area (Å²) in [5.41, 5.74) is -0.384. The molecule has 48 heavy (non-hydrogen) atoms. The number of ether oxygens (including phenoxy) is 1. The molecule has 12 heteroatoms. The van der Waals surface area contributed by atoms with Crippen LogP contribution in [0.25, 0.3) is 32.9 Å². The summed E-state index contributed by atoms with van der Waals surface area (Å²) in [6, 6.07) is 4.78. The highest BCUT2D eigenvalue weighted by Gasteiger charge is 2.45. The number of pyridine rings is 1. The zero-order valence-corrected chi connectivity index (χ0v) is 26.6. The summed E-state index contributed by atoms with van der Waals surface area (Å²) in [5.74, 6) is 0.683. The van der Waals surface area contributed by atoms with E-state index in [9.17, 15) is 19.4 Å². The number of aliphatic hydroxyl groups is 1. The maximum atomic E-state index is 16.8. The number of carbonyl (C=O) groups excluding carboxylic acids is 1. The van der Waals surface area contributed by atoms with Gasteiger partial charge in [0, 0.05) is 37.3 Å². The molecule has 0 bridgehead atoms. The first-order valence-electron chi connectivity index (χ1n) is 16.1. The molecule has 0 saturated carbocycles. The molecule has 0 spiro atoms. The summed E-state index contributed by atoms with van der Waals surface area (Å²) >= 11 is 0. The fraction of sp³-hybridized carbons (Fsp3) is 0.389. The lowest BCUT2D eigenvalue weighted by Gasteiger charge is -2.32. The van der Waals surface area contributed by atoms with Gasteiger partial charge < -0.3 is 24.7 Å². The Morgan fingerprint density at radius 2 is 2.00 bits per heavy atom. The molecule has 7 rings (SSSR count). The van der Waals surface area contributed by atoms with E-state index in [0.717, 1.165) is 38.8 Å². The van der Waals surface area contributed by atoms with Gasteiger partial charge in [0.25, 0.3) is 0 Å². The number of benzene rings is 2. The van der Waals surface area contributed by atoms with Crippen molar-refractivity contribution in [3.63, 3.8) is 0 Å². The molecule has 2 N–H and O–H groups in total. The minimum Gasteiger partial charge on any atom is -0.508 e. The standard InChI is InChI=1S/C36H36F2N6O4/c1-4-23-26(37)9-8-21-16-22(45)17-24(30(21)23)32-31(38)33-25(18-39-32)34(42(3)19-27-28(46)10-15-44(27)29(47)5-2)41-35(40-33)48-20-36-11-6-13-43(36)14-7-12-36/h1,5,8-9,16-18,27-28,45-46H,2,6-7,10-15,19-20H2,3H3/t27-,28?/m1/s1. The van der Waals surface area contributed by atoms with Crippen molar-refractivity contribution in [2.24, 2.45) is 0 Å². The van der Waals surface area contributed by atoms with E-state index in [1.54, 1.807) is 16.8 Å². The molecule has 0 aliphatic carbocycles. The number of hydrogen-bond acceptors (Lipinski definition) is 9. The maximum absolute atomic E-state index is 16.8. The molecule has 5 heterocycles. The minimum atomic E-state index is -0.834. The zero-order valence-electron chi connectivity index (χ0n) is 26.6. The SMILES string of the molecule is C#Cc1c(F)ccc2cc(O)cc(-c3ncc4c(N(C)C[C@@H]5C(O)CCN5C(=O)C=C)nc(OCC56CCCN5CCC6)nc4c3F)c12. The number of fused-ring (bicyclic) bond motifs is 3. The number of likely N-dealkylation sites (tertiary alicyclic amines) is 1. The average molecular weight is 655 g/mol. The van der Waals surface area contributed by atoms with E-state index < -0.39 is 23.8 Å². The Labute approximate surface area is 276 Å². The van der Waals surface area contributed by atoms with Gasteiger partial charge in [-0.3, -0.25) is 14.7 Å². The quantitative estimate of drug-likeness (QED) is 0.211. The lowest BCUT2D eigenvalue weighted by molar-refractivity contribution is -0.127. The molecule has 248 valence electrons. The van der Waals surface area contributed by atoms with E-state index in [-0.39, 0.29) is 62.9 Å². The van der Waals surface area contributed by atoms with Gasteiger partial charge in [0.1, 0.15) is 35.2 Å². The summed E-state index contributed by atoms with van der Waals surface area (Å²) in [6.07, 6.45) is 12.1. The average Bonchev–Trinajstić information content (AvgIpc) is 3.77.